The third-order valence-electron chi connectivity index (χ3n) is 4.82. The molecule has 0 N–H and O–H groups in total. The summed E-state index contributed by atoms with van der Waals surface area (Å²) in [4.78, 5) is 14.4. The molecule has 0 bridgehead atoms. The first-order valence-corrected chi connectivity index (χ1v) is 9.82. The van der Waals surface area contributed by atoms with Gasteiger partial charge < -0.3 is 4.90 Å². The Kier molecular flexibility index (Phi) is 4.86. The summed E-state index contributed by atoms with van der Waals surface area (Å²) in [7, 11) is -3.86. The van der Waals surface area contributed by atoms with Crippen LogP contribution in [0, 0.1) is 19.7 Å². The molecule has 138 valence electrons. The number of aryl methyl sites for hydroxylation is 2. The van der Waals surface area contributed by atoms with E-state index in [4.69, 9.17) is 0 Å². The van der Waals surface area contributed by atoms with Crippen LogP contribution in [0.1, 0.15) is 18.1 Å². The van der Waals surface area contributed by atoms with Crippen molar-refractivity contribution >= 4 is 21.6 Å². The fourth-order valence-corrected chi connectivity index (χ4v) is 4.65. The first kappa shape index (κ1) is 18.5. The highest BCUT2D eigenvalue weighted by Crippen LogP contribution is 2.26. The van der Waals surface area contributed by atoms with Gasteiger partial charge in [0.1, 0.15) is 11.9 Å². The van der Waals surface area contributed by atoms with Crippen molar-refractivity contribution in [1.29, 1.82) is 0 Å². The van der Waals surface area contributed by atoms with E-state index in [2.05, 4.69) is 0 Å². The average Bonchev–Trinajstić information content (AvgIpc) is 2.60. The zero-order valence-corrected chi connectivity index (χ0v) is 15.8. The van der Waals surface area contributed by atoms with Crippen LogP contribution in [0.5, 0.6) is 0 Å². The number of hydrogen-bond acceptors (Lipinski definition) is 3. The molecule has 3 rings (SSSR count). The zero-order chi connectivity index (χ0) is 19.1. The molecule has 0 aliphatic carbocycles. The Bertz CT molecular complexity index is 942. The second-order valence-electron chi connectivity index (χ2n) is 6.50. The van der Waals surface area contributed by atoms with Gasteiger partial charge in [0.2, 0.25) is 15.9 Å². The lowest BCUT2D eigenvalue weighted by atomic mass is 10.1. The third-order valence-corrected chi connectivity index (χ3v) is 6.81. The van der Waals surface area contributed by atoms with E-state index in [0.29, 0.717) is 0 Å². The van der Waals surface area contributed by atoms with Crippen LogP contribution in [0.15, 0.2) is 47.4 Å². The van der Waals surface area contributed by atoms with Gasteiger partial charge in [-0.25, -0.2) is 12.8 Å². The van der Waals surface area contributed by atoms with E-state index in [1.54, 1.807) is 11.8 Å². The Balaban J connectivity index is 1.87. The molecular weight excluding hydrogens is 355 g/mol. The predicted molar refractivity (Wildman–Crippen MR) is 98.0 cm³/mol. The second kappa shape index (κ2) is 6.81. The first-order chi connectivity index (χ1) is 12.2. The predicted octanol–water partition coefficient (Wildman–Crippen LogP) is 2.87. The summed E-state index contributed by atoms with van der Waals surface area (Å²) in [6.45, 7) is 6.00. The van der Waals surface area contributed by atoms with E-state index in [1.807, 2.05) is 32.0 Å². The molecule has 1 saturated heterocycles. The van der Waals surface area contributed by atoms with Gasteiger partial charge in [-0.3, -0.25) is 4.79 Å². The number of carbonyl (C=O) groups excluding carboxylic acids is 1. The maximum atomic E-state index is 13.1. The molecule has 1 fully saturated rings. The highest BCUT2D eigenvalue weighted by atomic mass is 32.2. The first-order valence-electron chi connectivity index (χ1n) is 8.38. The van der Waals surface area contributed by atoms with Crippen molar-refractivity contribution in [2.75, 3.05) is 18.0 Å². The van der Waals surface area contributed by atoms with Gasteiger partial charge in [0.05, 0.1) is 4.90 Å². The minimum Gasteiger partial charge on any atom is -0.310 e. The van der Waals surface area contributed by atoms with E-state index >= 15 is 0 Å². The molecule has 0 aromatic heterocycles. The number of hydrogen-bond donors (Lipinski definition) is 0. The molecule has 0 radical (unpaired) electrons. The van der Waals surface area contributed by atoms with Gasteiger partial charge >= 0.3 is 0 Å². The molecule has 2 aromatic carbocycles. The fraction of sp³-hybridized carbons (Fsp3) is 0.316. The quantitative estimate of drug-likeness (QED) is 0.828. The zero-order valence-electron chi connectivity index (χ0n) is 14.9. The van der Waals surface area contributed by atoms with Gasteiger partial charge in [-0.2, -0.15) is 4.31 Å². The largest absolute Gasteiger partial charge is 0.310 e. The maximum absolute atomic E-state index is 13.1. The molecule has 5 nitrogen and oxygen atoms in total. The lowest BCUT2D eigenvalue weighted by Gasteiger charge is -2.38. The summed E-state index contributed by atoms with van der Waals surface area (Å²) in [5.41, 5.74) is 2.97. The number of anilines is 1. The normalized spacial score (nSPS) is 19.0. The van der Waals surface area contributed by atoms with Crippen LogP contribution < -0.4 is 4.90 Å². The highest BCUT2D eigenvalue weighted by molar-refractivity contribution is 7.89. The number of nitrogens with zero attached hydrogens (tertiary/aromatic N) is 2. The molecule has 2 aromatic rings. The third kappa shape index (κ3) is 3.24. The summed E-state index contributed by atoms with van der Waals surface area (Å²) in [6.07, 6.45) is 0. The minimum atomic E-state index is -3.86. The standard InChI is InChI=1S/C19H21FN2O3S/c1-13-4-7-17(12-14(13)2)21-10-11-22(15(3)19(21)23)26(24,25)18-8-5-16(20)6-9-18/h4-9,12,15H,10-11H2,1-3H3. The van der Waals surface area contributed by atoms with Crippen molar-refractivity contribution in [2.45, 2.75) is 31.7 Å². The van der Waals surface area contributed by atoms with Gasteiger partial charge in [-0.15, -0.1) is 0 Å². The monoisotopic (exact) mass is 376 g/mol. The molecule has 26 heavy (non-hydrogen) atoms. The topological polar surface area (TPSA) is 57.7 Å². The molecule has 1 aliphatic heterocycles. The summed E-state index contributed by atoms with van der Waals surface area (Å²) in [5.74, 6) is -0.780. The minimum absolute atomic E-state index is 0.0156. The molecule has 7 heteroatoms. The lowest BCUT2D eigenvalue weighted by molar-refractivity contribution is -0.123. The number of carbonyl (C=O) groups is 1. The Morgan fingerprint density at radius 1 is 1.00 bits per heavy atom. The molecule has 1 amide bonds. The van der Waals surface area contributed by atoms with Crippen molar-refractivity contribution in [3.63, 3.8) is 0 Å². The van der Waals surface area contributed by atoms with Crippen LogP contribution in [-0.4, -0.2) is 37.8 Å². The average molecular weight is 376 g/mol. The van der Waals surface area contributed by atoms with Crippen molar-refractivity contribution in [3.8, 4) is 0 Å². The molecule has 1 heterocycles. The summed E-state index contributed by atoms with van der Waals surface area (Å²) < 4.78 is 39.9. The smallest absolute Gasteiger partial charge is 0.245 e. The van der Waals surface area contributed by atoms with Crippen molar-refractivity contribution in [3.05, 3.63) is 59.4 Å². The van der Waals surface area contributed by atoms with Gasteiger partial charge in [0.15, 0.2) is 0 Å². The van der Waals surface area contributed by atoms with Gasteiger partial charge in [0, 0.05) is 18.8 Å². The Hall–Kier alpha value is -2.25. The van der Waals surface area contributed by atoms with Crippen LogP contribution in [0.4, 0.5) is 10.1 Å². The highest BCUT2D eigenvalue weighted by Gasteiger charge is 2.39. The van der Waals surface area contributed by atoms with E-state index in [9.17, 15) is 17.6 Å². The van der Waals surface area contributed by atoms with Gasteiger partial charge in [-0.05, 0) is 68.3 Å². The molecule has 1 aliphatic rings. The van der Waals surface area contributed by atoms with Gasteiger partial charge in [0.25, 0.3) is 0 Å². The maximum Gasteiger partial charge on any atom is 0.245 e. The molecular formula is C19H21FN2O3S. The van der Waals surface area contributed by atoms with Crippen LogP contribution in [0.2, 0.25) is 0 Å². The van der Waals surface area contributed by atoms with Crippen LogP contribution in [0.3, 0.4) is 0 Å². The van der Waals surface area contributed by atoms with Crippen LogP contribution in [-0.2, 0) is 14.8 Å². The summed E-state index contributed by atoms with van der Waals surface area (Å²) >= 11 is 0. The van der Waals surface area contributed by atoms with Crippen LogP contribution >= 0.6 is 0 Å². The number of halogens is 1. The number of benzene rings is 2. The Labute approximate surface area is 153 Å². The lowest BCUT2D eigenvalue weighted by Crippen LogP contribution is -2.57. The summed E-state index contributed by atoms with van der Waals surface area (Å²) in [6, 6.07) is 9.57. The Morgan fingerprint density at radius 3 is 2.27 bits per heavy atom. The number of piperazine rings is 1. The van der Waals surface area contributed by atoms with Gasteiger partial charge in [-0.1, -0.05) is 6.07 Å². The second-order valence-corrected chi connectivity index (χ2v) is 8.39. The number of sulfonamides is 1. The SMILES string of the molecule is Cc1ccc(N2CCN(S(=O)(=O)c3ccc(F)cc3)C(C)C2=O)cc1C. The summed E-state index contributed by atoms with van der Waals surface area (Å²) in [5, 5.41) is 0. The van der Waals surface area contributed by atoms with Crippen LogP contribution in [0.25, 0.3) is 0 Å². The van der Waals surface area contributed by atoms with E-state index in [-0.39, 0.29) is 23.9 Å². The van der Waals surface area contributed by atoms with E-state index < -0.39 is 21.9 Å². The molecule has 0 spiro atoms. The molecule has 1 unspecified atom stereocenters. The molecule has 0 saturated carbocycles. The van der Waals surface area contributed by atoms with E-state index in [0.717, 1.165) is 28.9 Å². The number of amides is 1. The van der Waals surface area contributed by atoms with E-state index in [1.165, 1.54) is 16.4 Å². The Morgan fingerprint density at radius 2 is 1.65 bits per heavy atom. The number of rotatable bonds is 3. The fourth-order valence-electron chi connectivity index (χ4n) is 3.07. The van der Waals surface area contributed by atoms with Crippen molar-refractivity contribution in [1.82, 2.24) is 4.31 Å². The van der Waals surface area contributed by atoms with Crippen molar-refractivity contribution < 1.29 is 17.6 Å². The molecule has 1 atom stereocenters. The van der Waals surface area contributed by atoms with Crippen molar-refractivity contribution in [2.24, 2.45) is 0 Å².